The van der Waals surface area contributed by atoms with Gasteiger partial charge in [-0.05, 0) is 31.9 Å². The highest BCUT2D eigenvalue weighted by molar-refractivity contribution is 5.78. The molecule has 1 heterocycles. The molecule has 2 rings (SSSR count). The van der Waals surface area contributed by atoms with Gasteiger partial charge in [0.2, 0.25) is 11.8 Å². The molecule has 0 aliphatic carbocycles. The summed E-state index contributed by atoms with van der Waals surface area (Å²) in [6.07, 6.45) is 0.742. The second-order valence-electron chi connectivity index (χ2n) is 6.31. The van der Waals surface area contributed by atoms with Crippen molar-refractivity contribution in [1.82, 2.24) is 14.7 Å². The molecule has 1 aromatic carbocycles. The first kappa shape index (κ1) is 19.4. The molecule has 138 valence electrons. The molecule has 0 aromatic heterocycles. The lowest BCUT2D eigenvalue weighted by atomic mass is 10.1. The average Bonchev–Trinajstić information content (AvgIpc) is 2.62. The van der Waals surface area contributed by atoms with Gasteiger partial charge in [0.1, 0.15) is 5.82 Å². The largest absolute Gasteiger partial charge is 0.342 e. The first-order valence-corrected chi connectivity index (χ1v) is 9.06. The lowest BCUT2D eigenvalue weighted by Crippen LogP contribution is -2.51. The second-order valence-corrected chi connectivity index (χ2v) is 6.31. The number of benzene rings is 1. The highest BCUT2D eigenvalue weighted by atomic mass is 19.1. The molecular formula is C19H28FN3O2. The van der Waals surface area contributed by atoms with Crippen molar-refractivity contribution in [3.8, 4) is 0 Å². The van der Waals surface area contributed by atoms with Gasteiger partial charge in [0.25, 0.3) is 0 Å². The van der Waals surface area contributed by atoms with Crippen LogP contribution in [0.2, 0.25) is 0 Å². The van der Waals surface area contributed by atoms with E-state index in [4.69, 9.17) is 0 Å². The molecule has 1 aliphatic rings. The summed E-state index contributed by atoms with van der Waals surface area (Å²) in [5.74, 6) is -0.0580. The number of likely N-dealkylation sites (N-methyl/N-ethyl adjacent to an activating group) is 1. The van der Waals surface area contributed by atoms with Crippen molar-refractivity contribution in [3.63, 3.8) is 0 Å². The molecule has 0 saturated carbocycles. The van der Waals surface area contributed by atoms with Gasteiger partial charge in [-0.15, -0.1) is 0 Å². The van der Waals surface area contributed by atoms with E-state index in [1.165, 1.54) is 6.07 Å². The van der Waals surface area contributed by atoms with Crippen molar-refractivity contribution in [2.45, 2.75) is 26.7 Å². The van der Waals surface area contributed by atoms with Crippen LogP contribution in [0.25, 0.3) is 0 Å². The third-order valence-corrected chi connectivity index (χ3v) is 4.77. The van der Waals surface area contributed by atoms with E-state index in [-0.39, 0.29) is 17.6 Å². The van der Waals surface area contributed by atoms with E-state index in [9.17, 15) is 14.0 Å². The summed E-state index contributed by atoms with van der Waals surface area (Å²) in [5, 5.41) is 0. The molecule has 0 bridgehead atoms. The van der Waals surface area contributed by atoms with Gasteiger partial charge in [-0.25, -0.2) is 4.39 Å². The summed E-state index contributed by atoms with van der Waals surface area (Å²) in [5.41, 5.74) is 0.583. The van der Waals surface area contributed by atoms with E-state index >= 15 is 0 Å². The predicted octanol–water partition coefficient (Wildman–Crippen LogP) is 1.77. The van der Waals surface area contributed by atoms with E-state index in [2.05, 4.69) is 4.90 Å². The summed E-state index contributed by atoms with van der Waals surface area (Å²) < 4.78 is 13.6. The van der Waals surface area contributed by atoms with Crippen LogP contribution in [0.15, 0.2) is 24.3 Å². The Morgan fingerprint density at radius 2 is 1.72 bits per heavy atom. The van der Waals surface area contributed by atoms with Gasteiger partial charge in [0, 0.05) is 45.7 Å². The Morgan fingerprint density at radius 3 is 2.32 bits per heavy atom. The molecule has 0 unspecified atom stereocenters. The first-order valence-electron chi connectivity index (χ1n) is 9.06. The van der Waals surface area contributed by atoms with Crippen molar-refractivity contribution in [2.24, 2.45) is 0 Å². The lowest BCUT2D eigenvalue weighted by molar-refractivity contribution is -0.135. The molecule has 6 heteroatoms. The molecule has 1 saturated heterocycles. The molecule has 1 aromatic rings. The Hall–Kier alpha value is -1.95. The van der Waals surface area contributed by atoms with E-state index in [1.807, 2.05) is 23.6 Å². The highest BCUT2D eigenvalue weighted by Crippen LogP contribution is 2.11. The van der Waals surface area contributed by atoms with Crippen LogP contribution in [0, 0.1) is 5.82 Å². The minimum absolute atomic E-state index is 0.0537. The number of amides is 2. The predicted molar refractivity (Wildman–Crippen MR) is 95.7 cm³/mol. The van der Waals surface area contributed by atoms with Crippen LogP contribution in [0.4, 0.5) is 4.39 Å². The number of hydrogen-bond donors (Lipinski definition) is 0. The molecule has 2 amide bonds. The number of piperazine rings is 1. The van der Waals surface area contributed by atoms with Crippen LogP contribution >= 0.6 is 0 Å². The van der Waals surface area contributed by atoms with Gasteiger partial charge in [-0.1, -0.05) is 18.2 Å². The average molecular weight is 349 g/mol. The maximum atomic E-state index is 13.6. The zero-order chi connectivity index (χ0) is 18.2. The zero-order valence-electron chi connectivity index (χ0n) is 15.2. The maximum absolute atomic E-state index is 13.6. The monoisotopic (exact) mass is 349 g/mol. The fourth-order valence-electron chi connectivity index (χ4n) is 3.12. The van der Waals surface area contributed by atoms with Crippen LogP contribution in [0.3, 0.4) is 0 Å². The molecule has 25 heavy (non-hydrogen) atoms. The normalized spacial score (nSPS) is 15.2. The van der Waals surface area contributed by atoms with E-state index < -0.39 is 0 Å². The minimum atomic E-state index is -0.255. The van der Waals surface area contributed by atoms with Gasteiger partial charge >= 0.3 is 0 Å². The van der Waals surface area contributed by atoms with E-state index in [0.717, 1.165) is 13.1 Å². The number of hydrogen-bond acceptors (Lipinski definition) is 3. The highest BCUT2D eigenvalue weighted by Gasteiger charge is 2.23. The lowest BCUT2D eigenvalue weighted by Gasteiger charge is -2.35. The van der Waals surface area contributed by atoms with Crippen molar-refractivity contribution in [2.75, 3.05) is 45.8 Å². The quantitative estimate of drug-likeness (QED) is 0.754. The van der Waals surface area contributed by atoms with Crippen LogP contribution in [-0.4, -0.2) is 72.3 Å². The van der Waals surface area contributed by atoms with Gasteiger partial charge in [0.15, 0.2) is 0 Å². The van der Waals surface area contributed by atoms with Crippen LogP contribution < -0.4 is 0 Å². The van der Waals surface area contributed by atoms with Crippen molar-refractivity contribution < 1.29 is 14.0 Å². The molecular weight excluding hydrogens is 321 g/mol. The van der Waals surface area contributed by atoms with Crippen molar-refractivity contribution in [1.29, 1.82) is 0 Å². The van der Waals surface area contributed by atoms with E-state index in [0.29, 0.717) is 51.1 Å². The topological polar surface area (TPSA) is 43.9 Å². The number of rotatable bonds is 7. The first-order chi connectivity index (χ1) is 12.0. The molecule has 0 N–H and O–H groups in total. The fourth-order valence-corrected chi connectivity index (χ4v) is 3.12. The summed E-state index contributed by atoms with van der Waals surface area (Å²) in [7, 11) is 0. The summed E-state index contributed by atoms with van der Waals surface area (Å²) >= 11 is 0. The summed E-state index contributed by atoms with van der Waals surface area (Å²) in [6.45, 7) is 8.49. The fraction of sp³-hybridized carbons (Fsp3) is 0.579. The maximum Gasteiger partial charge on any atom is 0.236 e. The Labute approximate surface area is 149 Å². The summed E-state index contributed by atoms with van der Waals surface area (Å²) in [6, 6.07) is 6.58. The van der Waals surface area contributed by atoms with Gasteiger partial charge < -0.3 is 9.80 Å². The van der Waals surface area contributed by atoms with Crippen molar-refractivity contribution in [3.05, 3.63) is 35.6 Å². The number of aryl methyl sites for hydroxylation is 1. The Kier molecular flexibility index (Phi) is 7.37. The number of carbonyl (C=O) groups excluding carboxylic acids is 2. The van der Waals surface area contributed by atoms with Crippen LogP contribution in [0.5, 0.6) is 0 Å². The Balaban J connectivity index is 1.75. The van der Waals surface area contributed by atoms with Crippen LogP contribution in [0.1, 0.15) is 25.8 Å². The number of carbonyl (C=O) groups is 2. The molecule has 0 radical (unpaired) electrons. The Morgan fingerprint density at radius 1 is 1.08 bits per heavy atom. The minimum Gasteiger partial charge on any atom is -0.342 e. The van der Waals surface area contributed by atoms with Gasteiger partial charge in [-0.3, -0.25) is 14.5 Å². The van der Waals surface area contributed by atoms with Crippen molar-refractivity contribution >= 4 is 11.8 Å². The van der Waals surface area contributed by atoms with Gasteiger partial charge in [0.05, 0.1) is 6.54 Å². The molecule has 1 fully saturated rings. The molecule has 5 nitrogen and oxygen atoms in total. The van der Waals surface area contributed by atoms with Gasteiger partial charge in [-0.2, -0.15) is 0 Å². The SMILES string of the molecule is CCN(CC)C(=O)CN1CCN(C(=O)CCc2ccccc2F)CC1. The smallest absolute Gasteiger partial charge is 0.236 e. The Bertz CT molecular complexity index is 582. The second kappa shape index (κ2) is 9.51. The summed E-state index contributed by atoms with van der Waals surface area (Å²) in [4.78, 5) is 30.2. The third-order valence-electron chi connectivity index (χ3n) is 4.77. The van der Waals surface area contributed by atoms with Crippen LogP contribution in [-0.2, 0) is 16.0 Å². The number of nitrogens with zero attached hydrogens (tertiary/aromatic N) is 3. The molecule has 0 spiro atoms. The van der Waals surface area contributed by atoms with E-state index in [1.54, 1.807) is 18.2 Å². The zero-order valence-corrected chi connectivity index (χ0v) is 15.2. The molecule has 0 atom stereocenters. The standard InChI is InChI=1S/C19H28FN3O2/c1-3-22(4-2)19(25)15-21-11-13-23(14-12-21)18(24)10-9-16-7-5-6-8-17(16)20/h5-8H,3-4,9-15H2,1-2H3. The molecule has 1 aliphatic heterocycles. The third kappa shape index (κ3) is 5.53. The number of halogens is 1.